The van der Waals surface area contributed by atoms with Gasteiger partial charge in [0, 0.05) is 5.69 Å². The number of hydrazine groups is 1. The zero-order valence-electron chi connectivity index (χ0n) is 9.58. The van der Waals surface area contributed by atoms with E-state index in [9.17, 15) is 14.9 Å². The zero-order chi connectivity index (χ0) is 13.7. The summed E-state index contributed by atoms with van der Waals surface area (Å²) in [5.74, 6) is -0.409. The number of carbonyl (C=O) groups excluding carboxylic acids is 1. The number of nitrogens with one attached hydrogen (secondary N) is 4. The Bertz CT molecular complexity index is 582. The molecule has 0 fully saturated rings. The molecule has 0 radical (unpaired) electrons. The van der Waals surface area contributed by atoms with E-state index in [1.54, 1.807) is 24.3 Å². The van der Waals surface area contributed by atoms with Crippen LogP contribution < -0.4 is 16.2 Å². The first kappa shape index (κ1) is 12.4. The van der Waals surface area contributed by atoms with Gasteiger partial charge in [-0.2, -0.15) is 4.98 Å². The lowest BCUT2D eigenvalue weighted by molar-refractivity contribution is -0.388. The van der Waals surface area contributed by atoms with Crippen LogP contribution in [0.1, 0.15) is 0 Å². The molecule has 19 heavy (non-hydrogen) atoms. The van der Waals surface area contributed by atoms with E-state index in [4.69, 9.17) is 0 Å². The molecule has 0 saturated carbocycles. The van der Waals surface area contributed by atoms with Gasteiger partial charge < -0.3 is 15.4 Å². The molecule has 2 amide bonds. The minimum Gasteiger partial charge on any atom is -0.358 e. The van der Waals surface area contributed by atoms with Gasteiger partial charge in [0.1, 0.15) is 0 Å². The predicted octanol–water partition coefficient (Wildman–Crippen LogP) is 1.47. The van der Waals surface area contributed by atoms with Crippen molar-refractivity contribution in [2.24, 2.45) is 0 Å². The van der Waals surface area contributed by atoms with Gasteiger partial charge >= 0.3 is 11.8 Å². The Labute approximate surface area is 107 Å². The molecule has 0 aliphatic carbocycles. The number of urea groups is 1. The number of carbonyl (C=O) groups is 1. The van der Waals surface area contributed by atoms with Crippen molar-refractivity contribution in [3.8, 4) is 0 Å². The lowest BCUT2D eigenvalue weighted by atomic mass is 10.3. The Morgan fingerprint density at radius 3 is 2.74 bits per heavy atom. The van der Waals surface area contributed by atoms with Crippen molar-refractivity contribution in [1.29, 1.82) is 0 Å². The van der Waals surface area contributed by atoms with Gasteiger partial charge in [0.25, 0.3) is 0 Å². The van der Waals surface area contributed by atoms with Gasteiger partial charge in [0.05, 0.1) is 0 Å². The molecule has 0 unspecified atom stereocenters. The lowest BCUT2D eigenvalue weighted by Gasteiger charge is -2.07. The van der Waals surface area contributed by atoms with E-state index in [0.29, 0.717) is 5.69 Å². The van der Waals surface area contributed by atoms with Gasteiger partial charge in [-0.3, -0.25) is 5.43 Å². The Kier molecular flexibility index (Phi) is 3.57. The second-order valence-corrected chi connectivity index (χ2v) is 3.43. The number of anilines is 2. The topological polar surface area (TPSA) is 125 Å². The molecule has 0 atom stereocenters. The number of aromatic nitrogens is 2. The molecule has 2 rings (SSSR count). The average Bonchev–Trinajstić information content (AvgIpc) is 2.86. The van der Waals surface area contributed by atoms with Crippen LogP contribution in [0.15, 0.2) is 36.7 Å². The third kappa shape index (κ3) is 3.19. The monoisotopic (exact) mass is 262 g/mol. The SMILES string of the molecule is O=C(NNc1nc[nH]c1[N+](=O)[O-])Nc1ccccc1. The van der Waals surface area contributed by atoms with Crippen molar-refractivity contribution in [3.05, 3.63) is 46.8 Å². The third-order valence-electron chi connectivity index (χ3n) is 2.13. The van der Waals surface area contributed by atoms with Crippen molar-refractivity contribution in [1.82, 2.24) is 15.4 Å². The smallest absolute Gasteiger partial charge is 0.358 e. The number of H-pyrrole nitrogens is 1. The highest BCUT2D eigenvalue weighted by atomic mass is 16.6. The molecule has 9 nitrogen and oxygen atoms in total. The Morgan fingerprint density at radius 2 is 2.05 bits per heavy atom. The van der Waals surface area contributed by atoms with Crippen molar-refractivity contribution in [3.63, 3.8) is 0 Å². The van der Waals surface area contributed by atoms with E-state index in [1.807, 2.05) is 6.07 Å². The van der Waals surface area contributed by atoms with E-state index in [0.717, 1.165) is 6.33 Å². The number of amides is 2. The van der Waals surface area contributed by atoms with E-state index in [-0.39, 0.29) is 11.6 Å². The number of para-hydroxylation sites is 1. The van der Waals surface area contributed by atoms with E-state index in [2.05, 4.69) is 26.1 Å². The number of rotatable bonds is 4. The largest absolute Gasteiger partial charge is 0.366 e. The summed E-state index contributed by atoms with van der Waals surface area (Å²) in [7, 11) is 0. The van der Waals surface area contributed by atoms with E-state index >= 15 is 0 Å². The van der Waals surface area contributed by atoms with Gasteiger partial charge in [-0.15, -0.1) is 0 Å². The summed E-state index contributed by atoms with van der Waals surface area (Å²) in [5.41, 5.74) is 5.19. The van der Waals surface area contributed by atoms with Gasteiger partial charge in [0.15, 0.2) is 6.33 Å². The minimum atomic E-state index is -0.647. The first-order valence-corrected chi connectivity index (χ1v) is 5.22. The average molecular weight is 262 g/mol. The van der Waals surface area contributed by atoms with Gasteiger partial charge in [-0.25, -0.2) is 15.2 Å². The highest BCUT2D eigenvalue weighted by Crippen LogP contribution is 2.16. The molecule has 0 saturated heterocycles. The maximum absolute atomic E-state index is 11.5. The molecule has 0 spiro atoms. The summed E-state index contributed by atoms with van der Waals surface area (Å²) in [5, 5.41) is 13.1. The van der Waals surface area contributed by atoms with Gasteiger partial charge in [0.2, 0.25) is 5.82 Å². The van der Waals surface area contributed by atoms with Crippen LogP contribution in [0.25, 0.3) is 0 Å². The molecule has 0 bridgehead atoms. The molecule has 2 aromatic rings. The maximum Gasteiger partial charge on any atom is 0.366 e. The molecule has 9 heteroatoms. The fraction of sp³-hybridized carbons (Fsp3) is 0. The van der Waals surface area contributed by atoms with E-state index < -0.39 is 11.0 Å². The molecule has 0 aliphatic rings. The number of hydrogen-bond donors (Lipinski definition) is 4. The maximum atomic E-state index is 11.5. The van der Waals surface area contributed by atoms with Crippen molar-refractivity contribution in [2.75, 3.05) is 10.7 Å². The second kappa shape index (κ2) is 5.49. The Morgan fingerprint density at radius 1 is 1.32 bits per heavy atom. The van der Waals surface area contributed by atoms with Crippen LogP contribution in [0.5, 0.6) is 0 Å². The van der Waals surface area contributed by atoms with Crippen LogP contribution in [-0.4, -0.2) is 20.9 Å². The third-order valence-corrected chi connectivity index (χ3v) is 2.13. The van der Waals surface area contributed by atoms with Crippen LogP contribution in [0.3, 0.4) is 0 Å². The summed E-state index contributed by atoms with van der Waals surface area (Å²) < 4.78 is 0. The number of imidazole rings is 1. The van der Waals surface area contributed by atoms with Crippen LogP contribution in [0.2, 0.25) is 0 Å². The Hall–Kier alpha value is -3.10. The number of hydrogen-bond acceptors (Lipinski definition) is 5. The molecule has 1 heterocycles. The normalized spacial score (nSPS) is 9.68. The fourth-order valence-electron chi connectivity index (χ4n) is 1.32. The molecule has 4 N–H and O–H groups in total. The van der Waals surface area contributed by atoms with Gasteiger partial charge in [-0.05, 0) is 17.1 Å². The zero-order valence-corrected chi connectivity index (χ0v) is 9.58. The summed E-state index contributed by atoms with van der Waals surface area (Å²) in [6.45, 7) is 0. The predicted molar refractivity (Wildman–Crippen MR) is 67.5 cm³/mol. The first-order chi connectivity index (χ1) is 9.16. The number of benzene rings is 1. The minimum absolute atomic E-state index is 0.0757. The van der Waals surface area contributed by atoms with E-state index in [1.165, 1.54) is 0 Å². The quantitative estimate of drug-likeness (QED) is 0.490. The molecular formula is C10H10N6O3. The fourth-order valence-corrected chi connectivity index (χ4v) is 1.32. The van der Waals surface area contributed by atoms with Crippen molar-refractivity contribution < 1.29 is 9.72 Å². The molecule has 98 valence electrons. The summed E-state index contributed by atoms with van der Waals surface area (Å²) in [6, 6.07) is 8.19. The number of aromatic amines is 1. The molecule has 1 aromatic heterocycles. The van der Waals surface area contributed by atoms with Crippen LogP contribution in [0.4, 0.5) is 22.1 Å². The number of nitro groups is 1. The Balaban J connectivity index is 1.90. The molecule has 0 aliphatic heterocycles. The summed E-state index contributed by atoms with van der Waals surface area (Å²) in [4.78, 5) is 27.4. The highest BCUT2D eigenvalue weighted by Gasteiger charge is 2.15. The standard InChI is InChI=1S/C10H10N6O3/c17-10(13-7-4-2-1-3-5-7)15-14-8-9(16(18)19)12-6-11-8/h1-6,14H,(H,11,12)(H2,13,15,17). The highest BCUT2D eigenvalue weighted by molar-refractivity contribution is 5.89. The second-order valence-electron chi connectivity index (χ2n) is 3.43. The summed E-state index contributed by atoms with van der Waals surface area (Å²) in [6.07, 6.45) is 1.15. The lowest BCUT2D eigenvalue weighted by Crippen LogP contribution is -2.33. The van der Waals surface area contributed by atoms with Crippen LogP contribution in [0, 0.1) is 10.1 Å². The van der Waals surface area contributed by atoms with Gasteiger partial charge in [-0.1, -0.05) is 18.2 Å². The first-order valence-electron chi connectivity index (χ1n) is 5.22. The molecule has 1 aromatic carbocycles. The van der Waals surface area contributed by atoms with Crippen molar-refractivity contribution >= 4 is 23.4 Å². The number of nitrogens with zero attached hydrogens (tertiary/aromatic N) is 2. The molecular weight excluding hydrogens is 252 g/mol. The summed E-state index contributed by atoms with van der Waals surface area (Å²) >= 11 is 0. The van der Waals surface area contributed by atoms with Crippen molar-refractivity contribution in [2.45, 2.75) is 0 Å². The van der Waals surface area contributed by atoms with Crippen LogP contribution in [-0.2, 0) is 0 Å². The van der Waals surface area contributed by atoms with Crippen LogP contribution >= 0.6 is 0 Å².